The maximum absolute atomic E-state index is 5.08. The summed E-state index contributed by atoms with van der Waals surface area (Å²) >= 11 is 0. The Labute approximate surface area is 89.6 Å². The second-order valence-corrected chi connectivity index (χ2v) is 4.50. The lowest BCUT2D eigenvalue weighted by atomic mass is 10.1. The molecule has 0 aromatic carbocycles. The van der Waals surface area contributed by atoms with Gasteiger partial charge >= 0.3 is 0 Å². The molecular formula is C11H17N3O. The molecule has 0 aliphatic carbocycles. The minimum Gasteiger partial charge on any atom is -0.360 e. The quantitative estimate of drug-likeness (QED) is 0.803. The Morgan fingerprint density at radius 2 is 2.47 bits per heavy atom. The summed E-state index contributed by atoms with van der Waals surface area (Å²) in [6, 6.07) is 3.35. The van der Waals surface area contributed by atoms with E-state index in [1.165, 1.54) is 32.4 Å². The molecule has 2 fully saturated rings. The lowest BCUT2D eigenvalue weighted by Gasteiger charge is -2.20. The Morgan fingerprint density at radius 3 is 3.33 bits per heavy atom. The van der Waals surface area contributed by atoms with Crippen LogP contribution in [0, 0.1) is 0 Å². The molecule has 2 unspecified atom stereocenters. The van der Waals surface area contributed by atoms with Crippen LogP contribution in [0.25, 0.3) is 0 Å². The summed E-state index contributed by atoms with van der Waals surface area (Å²) in [5, 5.41) is 7.29. The summed E-state index contributed by atoms with van der Waals surface area (Å²) in [7, 11) is 0. The van der Waals surface area contributed by atoms with Crippen molar-refractivity contribution in [2.24, 2.45) is 0 Å². The normalized spacial score (nSPS) is 30.9. The van der Waals surface area contributed by atoms with Gasteiger partial charge in [0.15, 0.2) is 0 Å². The maximum Gasteiger partial charge on any atom is 0.150 e. The van der Waals surface area contributed by atoms with Crippen molar-refractivity contribution in [2.75, 3.05) is 13.1 Å². The highest BCUT2D eigenvalue weighted by Crippen LogP contribution is 2.27. The Kier molecular flexibility index (Phi) is 2.46. The first-order valence-corrected chi connectivity index (χ1v) is 5.80. The van der Waals surface area contributed by atoms with E-state index in [-0.39, 0.29) is 0 Å². The molecule has 0 bridgehead atoms. The Bertz CT molecular complexity index is 312. The zero-order valence-corrected chi connectivity index (χ0v) is 8.85. The molecule has 0 spiro atoms. The Morgan fingerprint density at radius 1 is 1.47 bits per heavy atom. The maximum atomic E-state index is 5.08. The van der Waals surface area contributed by atoms with E-state index in [1.807, 2.05) is 6.07 Å². The average molecular weight is 207 g/mol. The number of nitrogens with zero attached hydrogens (tertiary/aromatic N) is 2. The third kappa shape index (κ3) is 1.79. The van der Waals surface area contributed by atoms with E-state index in [1.54, 1.807) is 6.20 Å². The van der Waals surface area contributed by atoms with Crippen molar-refractivity contribution in [2.45, 2.75) is 37.9 Å². The van der Waals surface area contributed by atoms with Gasteiger partial charge in [-0.1, -0.05) is 5.16 Å². The molecule has 0 amide bonds. The standard InChI is InChI=1S/C11H17N3O/c1-2-11-10(4-7-14(11)6-1)12-8-9-3-5-13-15-9/h3,5,10-12H,1-2,4,6-8H2. The summed E-state index contributed by atoms with van der Waals surface area (Å²) < 4.78 is 5.08. The van der Waals surface area contributed by atoms with Crippen LogP contribution >= 0.6 is 0 Å². The second-order valence-electron chi connectivity index (χ2n) is 4.50. The number of fused-ring (bicyclic) bond motifs is 1. The van der Waals surface area contributed by atoms with Crippen LogP contribution in [0.4, 0.5) is 0 Å². The van der Waals surface area contributed by atoms with E-state index in [0.717, 1.165) is 18.3 Å². The number of rotatable bonds is 3. The molecule has 2 aliphatic heterocycles. The van der Waals surface area contributed by atoms with E-state index in [0.29, 0.717) is 6.04 Å². The number of hydrogen-bond acceptors (Lipinski definition) is 4. The van der Waals surface area contributed by atoms with Crippen LogP contribution in [0.1, 0.15) is 25.0 Å². The van der Waals surface area contributed by atoms with Gasteiger partial charge in [-0.25, -0.2) is 0 Å². The molecule has 82 valence electrons. The minimum absolute atomic E-state index is 0.651. The summed E-state index contributed by atoms with van der Waals surface area (Å²) in [5.74, 6) is 0.937. The minimum atomic E-state index is 0.651. The molecule has 1 aromatic rings. The molecule has 3 rings (SSSR count). The molecule has 0 radical (unpaired) electrons. The van der Waals surface area contributed by atoms with E-state index in [4.69, 9.17) is 4.52 Å². The molecule has 2 aliphatic rings. The fourth-order valence-corrected chi connectivity index (χ4v) is 2.89. The number of nitrogens with one attached hydrogen (secondary N) is 1. The first-order valence-electron chi connectivity index (χ1n) is 5.80. The highest BCUT2D eigenvalue weighted by atomic mass is 16.5. The van der Waals surface area contributed by atoms with E-state index >= 15 is 0 Å². The van der Waals surface area contributed by atoms with Crippen molar-refractivity contribution in [1.29, 1.82) is 0 Å². The topological polar surface area (TPSA) is 41.3 Å². The van der Waals surface area contributed by atoms with Gasteiger partial charge in [0.1, 0.15) is 5.76 Å². The van der Waals surface area contributed by atoms with Crippen molar-refractivity contribution in [3.8, 4) is 0 Å². The van der Waals surface area contributed by atoms with Crippen LogP contribution in [-0.2, 0) is 6.54 Å². The monoisotopic (exact) mass is 207 g/mol. The van der Waals surface area contributed by atoms with Gasteiger partial charge in [-0.2, -0.15) is 0 Å². The van der Waals surface area contributed by atoms with Crippen LogP contribution in [0.15, 0.2) is 16.8 Å². The van der Waals surface area contributed by atoms with Gasteiger partial charge in [0.05, 0.1) is 12.7 Å². The highest BCUT2D eigenvalue weighted by Gasteiger charge is 2.36. The van der Waals surface area contributed by atoms with Gasteiger partial charge in [-0.05, 0) is 25.8 Å². The molecule has 2 atom stereocenters. The summed E-state index contributed by atoms with van der Waals surface area (Å²) in [5.41, 5.74) is 0. The zero-order valence-electron chi connectivity index (χ0n) is 8.85. The van der Waals surface area contributed by atoms with Crippen LogP contribution in [-0.4, -0.2) is 35.2 Å². The lowest BCUT2D eigenvalue weighted by molar-refractivity contribution is 0.291. The third-order valence-corrected chi connectivity index (χ3v) is 3.64. The SMILES string of the molecule is c1cc(CNC2CCN3CCCC23)on1. The first kappa shape index (κ1) is 9.36. The molecule has 2 saturated heterocycles. The fraction of sp³-hybridized carbons (Fsp3) is 0.727. The van der Waals surface area contributed by atoms with Crippen molar-refractivity contribution < 1.29 is 4.52 Å². The Hall–Kier alpha value is -0.870. The average Bonchev–Trinajstić information content (AvgIpc) is 2.93. The Balaban J connectivity index is 1.55. The van der Waals surface area contributed by atoms with Crippen LogP contribution in [0.5, 0.6) is 0 Å². The molecule has 0 saturated carbocycles. The van der Waals surface area contributed by atoms with Crippen LogP contribution in [0.3, 0.4) is 0 Å². The molecule has 1 aromatic heterocycles. The van der Waals surface area contributed by atoms with Gasteiger partial charge < -0.3 is 9.84 Å². The third-order valence-electron chi connectivity index (χ3n) is 3.64. The number of hydrogen-bond donors (Lipinski definition) is 1. The summed E-state index contributed by atoms with van der Waals surface area (Å²) in [4.78, 5) is 2.61. The first-order chi connectivity index (χ1) is 7.43. The van der Waals surface area contributed by atoms with Crippen LogP contribution < -0.4 is 5.32 Å². The molecule has 4 heteroatoms. The zero-order chi connectivity index (χ0) is 10.1. The van der Waals surface area contributed by atoms with Gasteiger partial charge in [0.2, 0.25) is 0 Å². The van der Waals surface area contributed by atoms with Gasteiger partial charge in [0.25, 0.3) is 0 Å². The molecule has 3 heterocycles. The highest BCUT2D eigenvalue weighted by molar-refractivity contribution is 4.98. The molecule has 15 heavy (non-hydrogen) atoms. The van der Waals surface area contributed by atoms with E-state index in [2.05, 4.69) is 15.4 Å². The van der Waals surface area contributed by atoms with E-state index in [9.17, 15) is 0 Å². The number of aromatic nitrogens is 1. The van der Waals surface area contributed by atoms with Gasteiger partial charge in [-0.3, -0.25) is 4.90 Å². The fourth-order valence-electron chi connectivity index (χ4n) is 2.89. The second kappa shape index (κ2) is 3.94. The summed E-state index contributed by atoms with van der Waals surface area (Å²) in [6.07, 6.45) is 5.70. The molecular weight excluding hydrogens is 190 g/mol. The molecule has 1 N–H and O–H groups in total. The predicted molar refractivity (Wildman–Crippen MR) is 56.3 cm³/mol. The molecule has 4 nitrogen and oxygen atoms in total. The van der Waals surface area contributed by atoms with Crippen molar-refractivity contribution in [3.05, 3.63) is 18.0 Å². The van der Waals surface area contributed by atoms with E-state index < -0.39 is 0 Å². The smallest absolute Gasteiger partial charge is 0.150 e. The van der Waals surface area contributed by atoms with Gasteiger partial charge in [0, 0.05) is 24.7 Å². The predicted octanol–water partition coefficient (Wildman–Crippen LogP) is 1.00. The van der Waals surface area contributed by atoms with Crippen molar-refractivity contribution in [3.63, 3.8) is 0 Å². The van der Waals surface area contributed by atoms with Gasteiger partial charge in [-0.15, -0.1) is 0 Å². The van der Waals surface area contributed by atoms with Crippen molar-refractivity contribution >= 4 is 0 Å². The van der Waals surface area contributed by atoms with Crippen LogP contribution in [0.2, 0.25) is 0 Å². The largest absolute Gasteiger partial charge is 0.360 e. The lowest BCUT2D eigenvalue weighted by Crippen LogP contribution is -2.38. The summed E-state index contributed by atoms with van der Waals surface area (Å²) in [6.45, 7) is 3.37. The van der Waals surface area contributed by atoms with Crippen molar-refractivity contribution in [1.82, 2.24) is 15.4 Å².